The lowest BCUT2D eigenvalue weighted by Gasteiger charge is -2.21. The van der Waals surface area contributed by atoms with E-state index in [-0.39, 0.29) is 22.6 Å². The third-order valence-corrected chi connectivity index (χ3v) is 2.46. The van der Waals surface area contributed by atoms with E-state index in [0.717, 1.165) is 0 Å². The maximum atomic E-state index is 9.85. The van der Waals surface area contributed by atoms with Crippen molar-refractivity contribution < 1.29 is 15.4 Å². The summed E-state index contributed by atoms with van der Waals surface area (Å²) in [6.07, 6.45) is 0. The molecule has 4 nitrogen and oxygen atoms in total. The average Bonchev–Trinajstić information content (AvgIpc) is 2.18. The van der Waals surface area contributed by atoms with E-state index >= 15 is 0 Å². The van der Waals surface area contributed by atoms with Crippen LogP contribution in [0.4, 0.5) is 0 Å². The zero-order valence-electron chi connectivity index (χ0n) is 9.94. The molecule has 0 atom stereocenters. The van der Waals surface area contributed by atoms with E-state index in [1.165, 1.54) is 12.1 Å². The van der Waals surface area contributed by atoms with Gasteiger partial charge in [0.1, 0.15) is 11.5 Å². The molecule has 0 aromatic heterocycles. The molecule has 88 valence electrons. The molecule has 1 aromatic carbocycles. The Hall–Kier alpha value is -1.71. The molecule has 0 saturated carbocycles. The lowest BCUT2D eigenvalue weighted by molar-refractivity contribution is 0.318. The molecule has 3 N–H and O–H groups in total. The summed E-state index contributed by atoms with van der Waals surface area (Å²) >= 11 is 0. The van der Waals surface area contributed by atoms with E-state index in [9.17, 15) is 10.2 Å². The van der Waals surface area contributed by atoms with Gasteiger partial charge in [0.05, 0.1) is 5.71 Å². The van der Waals surface area contributed by atoms with Gasteiger partial charge in [0.25, 0.3) is 0 Å². The van der Waals surface area contributed by atoms with Crippen molar-refractivity contribution in [3.8, 4) is 11.5 Å². The van der Waals surface area contributed by atoms with E-state index in [1.54, 1.807) is 6.92 Å². The minimum atomic E-state index is -0.260. The molecule has 0 aliphatic rings. The molecule has 0 radical (unpaired) electrons. The number of rotatable bonds is 1. The van der Waals surface area contributed by atoms with Gasteiger partial charge in [-0.3, -0.25) is 0 Å². The van der Waals surface area contributed by atoms with E-state index in [2.05, 4.69) is 5.16 Å². The van der Waals surface area contributed by atoms with Crippen LogP contribution >= 0.6 is 0 Å². The van der Waals surface area contributed by atoms with Crippen molar-refractivity contribution in [3.05, 3.63) is 23.3 Å². The molecule has 0 amide bonds. The maximum Gasteiger partial charge on any atom is 0.125 e. The summed E-state index contributed by atoms with van der Waals surface area (Å²) in [6, 6.07) is 2.91. The zero-order chi connectivity index (χ0) is 12.5. The number of aromatic hydroxyl groups is 2. The Labute approximate surface area is 94.9 Å². The first-order valence-electron chi connectivity index (χ1n) is 5.03. The van der Waals surface area contributed by atoms with E-state index in [4.69, 9.17) is 5.21 Å². The summed E-state index contributed by atoms with van der Waals surface area (Å²) in [5.41, 5.74) is 0.977. The van der Waals surface area contributed by atoms with Crippen molar-refractivity contribution >= 4 is 5.71 Å². The minimum absolute atomic E-state index is 0.00183. The van der Waals surface area contributed by atoms with E-state index in [1.807, 2.05) is 20.8 Å². The molecule has 0 spiro atoms. The monoisotopic (exact) mass is 223 g/mol. The SMILES string of the molecule is CC(=NO)c1cc(O)c(C(C)(C)C)cc1O. The van der Waals surface area contributed by atoms with Crippen LogP contribution in [-0.2, 0) is 5.41 Å². The number of phenols is 2. The van der Waals surface area contributed by atoms with Gasteiger partial charge in [0.15, 0.2) is 0 Å². The summed E-state index contributed by atoms with van der Waals surface area (Å²) < 4.78 is 0. The van der Waals surface area contributed by atoms with Crippen molar-refractivity contribution in [2.75, 3.05) is 0 Å². The number of benzene rings is 1. The predicted octanol–water partition coefficient (Wildman–Crippen LogP) is 2.59. The van der Waals surface area contributed by atoms with E-state index in [0.29, 0.717) is 11.1 Å². The highest BCUT2D eigenvalue weighted by Crippen LogP contribution is 2.35. The normalized spacial score (nSPS) is 12.9. The summed E-state index contributed by atoms with van der Waals surface area (Å²) in [5.74, 6) is 0.0846. The van der Waals surface area contributed by atoms with Gasteiger partial charge in [-0.1, -0.05) is 25.9 Å². The van der Waals surface area contributed by atoms with Crippen LogP contribution in [-0.4, -0.2) is 21.1 Å². The zero-order valence-corrected chi connectivity index (χ0v) is 9.94. The summed E-state index contributed by atoms with van der Waals surface area (Å²) in [5, 5.41) is 31.3. The summed E-state index contributed by atoms with van der Waals surface area (Å²) in [7, 11) is 0. The minimum Gasteiger partial charge on any atom is -0.508 e. The molecule has 0 unspecified atom stereocenters. The van der Waals surface area contributed by atoms with Crippen LogP contribution < -0.4 is 0 Å². The lowest BCUT2D eigenvalue weighted by atomic mass is 9.85. The number of phenolic OH excluding ortho intramolecular Hbond substituents is 2. The second kappa shape index (κ2) is 4.04. The van der Waals surface area contributed by atoms with Crippen LogP contribution in [0.1, 0.15) is 38.8 Å². The van der Waals surface area contributed by atoms with Gasteiger partial charge in [-0.25, -0.2) is 0 Å². The van der Waals surface area contributed by atoms with Crippen LogP contribution in [0.3, 0.4) is 0 Å². The molecule has 0 bridgehead atoms. The summed E-state index contributed by atoms with van der Waals surface area (Å²) in [6.45, 7) is 7.36. The van der Waals surface area contributed by atoms with Crippen molar-refractivity contribution in [2.45, 2.75) is 33.1 Å². The quantitative estimate of drug-likeness (QED) is 0.296. The molecule has 0 saturated heterocycles. The maximum absolute atomic E-state index is 9.85. The topological polar surface area (TPSA) is 73.1 Å². The summed E-state index contributed by atoms with van der Waals surface area (Å²) in [4.78, 5) is 0. The van der Waals surface area contributed by atoms with Crippen LogP contribution in [0.5, 0.6) is 11.5 Å². The molecule has 16 heavy (non-hydrogen) atoms. The first-order valence-corrected chi connectivity index (χ1v) is 5.03. The average molecular weight is 223 g/mol. The van der Waals surface area contributed by atoms with Crippen LogP contribution in [0, 0.1) is 0 Å². The molecule has 1 aromatic rings. The van der Waals surface area contributed by atoms with Gasteiger partial charge in [0, 0.05) is 11.1 Å². The van der Waals surface area contributed by atoms with Gasteiger partial charge in [-0.2, -0.15) is 0 Å². The molecule has 0 heterocycles. The van der Waals surface area contributed by atoms with Gasteiger partial charge in [0.2, 0.25) is 0 Å². The van der Waals surface area contributed by atoms with Crippen molar-refractivity contribution in [2.24, 2.45) is 5.16 Å². The fraction of sp³-hybridized carbons (Fsp3) is 0.417. The third-order valence-electron chi connectivity index (χ3n) is 2.46. The van der Waals surface area contributed by atoms with Crippen molar-refractivity contribution in [1.29, 1.82) is 0 Å². The first kappa shape index (κ1) is 12.4. The second-order valence-corrected chi connectivity index (χ2v) is 4.82. The fourth-order valence-electron chi connectivity index (χ4n) is 1.52. The number of hydrogen-bond acceptors (Lipinski definition) is 4. The van der Waals surface area contributed by atoms with Gasteiger partial charge in [-0.15, -0.1) is 0 Å². The van der Waals surface area contributed by atoms with Crippen molar-refractivity contribution in [3.63, 3.8) is 0 Å². The molecular weight excluding hydrogens is 206 g/mol. The van der Waals surface area contributed by atoms with Crippen molar-refractivity contribution in [1.82, 2.24) is 0 Å². The number of oxime groups is 1. The van der Waals surface area contributed by atoms with Gasteiger partial charge < -0.3 is 15.4 Å². The Morgan fingerprint density at radius 3 is 2.12 bits per heavy atom. The molecule has 0 aliphatic carbocycles. The van der Waals surface area contributed by atoms with Crippen LogP contribution in [0.15, 0.2) is 17.3 Å². The van der Waals surface area contributed by atoms with E-state index < -0.39 is 0 Å². The standard InChI is InChI=1S/C12H17NO3/c1-7(13-16)8-5-11(15)9(6-10(8)14)12(2,3)4/h5-6,14-16H,1-4H3. The highest BCUT2D eigenvalue weighted by Gasteiger charge is 2.21. The molecule has 1 rings (SSSR count). The highest BCUT2D eigenvalue weighted by atomic mass is 16.4. The number of nitrogens with zero attached hydrogens (tertiary/aromatic N) is 1. The van der Waals surface area contributed by atoms with Crippen LogP contribution in [0.2, 0.25) is 0 Å². The first-order chi connectivity index (χ1) is 7.27. The predicted molar refractivity (Wildman–Crippen MR) is 62.5 cm³/mol. The third kappa shape index (κ3) is 2.27. The Bertz CT molecular complexity index is 431. The Morgan fingerprint density at radius 2 is 1.69 bits per heavy atom. The van der Waals surface area contributed by atoms with Gasteiger partial charge in [-0.05, 0) is 24.5 Å². The second-order valence-electron chi connectivity index (χ2n) is 4.82. The number of hydrogen-bond donors (Lipinski definition) is 3. The largest absolute Gasteiger partial charge is 0.508 e. The lowest BCUT2D eigenvalue weighted by Crippen LogP contribution is -2.12. The Morgan fingerprint density at radius 1 is 1.12 bits per heavy atom. The smallest absolute Gasteiger partial charge is 0.125 e. The van der Waals surface area contributed by atoms with Gasteiger partial charge >= 0.3 is 0 Å². The molecule has 4 heteroatoms. The van der Waals surface area contributed by atoms with Crippen LogP contribution in [0.25, 0.3) is 0 Å². The molecular formula is C12H17NO3. The fourth-order valence-corrected chi connectivity index (χ4v) is 1.52. The molecule has 0 fully saturated rings. The highest BCUT2D eigenvalue weighted by molar-refractivity contribution is 6.01. The Balaban J connectivity index is 3.39. The molecule has 0 aliphatic heterocycles. The Kier molecular flexibility index (Phi) is 3.12.